The third-order valence-electron chi connectivity index (χ3n) is 3.38. The van der Waals surface area contributed by atoms with Crippen LogP contribution in [0, 0.1) is 0 Å². The highest BCUT2D eigenvalue weighted by Gasteiger charge is 2.28. The molecule has 0 N–H and O–H groups in total. The molecule has 0 spiro atoms. The summed E-state index contributed by atoms with van der Waals surface area (Å²) in [5.74, 6) is 0.0740. The summed E-state index contributed by atoms with van der Waals surface area (Å²) in [5.41, 5.74) is 0.718. The largest absolute Gasteiger partial charge is 0.336 e. The van der Waals surface area contributed by atoms with Crippen molar-refractivity contribution in [2.45, 2.75) is 52.9 Å². The SMILES string of the molecule is CCCN(C(=O)c1c(Cl)cccc1[Si](C)(C)C)C(C)C. The van der Waals surface area contributed by atoms with Crippen molar-refractivity contribution in [1.82, 2.24) is 4.90 Å². The Hall–Kier alpha value is -0.803. The van der Waals surface area contributed by atoms with Crippen molar-refractivity contribution in [3.05, 3.63) is 28.8 Å². The molecule has 0 fully saturated rings. The van der Waals surface area contributed by atoms with Gasteiger partial charge in [-0.05, 0) is 31.5 Å². The van der Waals surface area contributed by atoms with E-state index in [1.807, 2.05) is 17.0 Å². The number of hydrogen-bond acceptors (Lipinski definition) is 1. The van der Waals surface area contributed by atoms with Gasteiger partial charge in [0.2, 0.25) is 0 Å². The third-order valence-corrected chi connectivity index (χ3v) is 5.73. The van der Waals surface area contributed by atoms with Crippen molar-refractivity contribution in [1.29, 1.82) is 0 Å². The molecule has 2 nitrogen and oxygen atoms in total. The Balaban J connectivity index is 3.34. The zero-order valence-electron chi connectivity index (χ0n) is 13.5. The van der Waals surface area contributed by atoms with E-state index in [0.29, 0.717) is 5.02 Å². The van der Waals surface area contributed by atoms with Gasteiger partial charge < -0.3 is 4.90 Å². The summed E-state index contributed by atoms with van der Waals surface area (Å²) in [5, 5.41) is 1.73. The fraction of sp³-hybridized carbons (Fsp3) is 0.562. The Morgan fingerprint density at radius 2 is 1.90 bits per heavy atom. The predicted molar refractivity (Wildman–Crippen MR) is 90.9 cm³/mol. The van der Waals surface area contributed by atoms with Gasteiger partial charge in [0.05, 0.1) is 18.7 Å². The van der Waals surface area contributed by atoms with Crippen LogP contribution in [0.4, 0.5) is 0 Å². The molecule has 4 heteroatoms. The minimum Gasteiger partial charge on any atom is -0.336 e. The summed E-state index contributed by atoms with van der Waals surface area (Å²) in [6.45, 7) is 13.7. The first-order valence-electron chi connectivity index (χ1n) is 7.30. The summed E-state index contributed by atoms with van der Waals surface area (Å²) in [4.78, 5) is 14.8. The summed E-state index contributed by atoms with van der Waals surface area (Å²) >= 11 is 6.35. The van der Waals surface area contributed by atoms with Gasteiger partial charge in [0.1, 0.15) is 0 Å². The molecule has 0 aliphatic carbocycles. The van der Waals surface area contributed by atoms with Crippen LogP contribution in [0.2, 0.25) is 24.7 Å². The van der Waals surface area contributed by atoms with E-state index >= 15 is 0 Å². The Morgan fingerprint density at radius 3 is 2.35 bits per heavy atom. The second-order valence-corrected chi connectivity index (χ2v) is 12.0. The van der Waals surface area contributed by atoms with Crippen LogP contribution in [-0.4, -0.2) is 31.5 Å². The van der Waals surface area contributed by atoms with Crippen LogP contribution < -0.4 is 5.19 Å². The lowest BCUT2D eigenvalue weighted by atomic mass is 10.1. The van der Waals surface area contributed by atoms with Gasteiger partial charge in [0, 0.05) is 12.6 Å². The van der Waals surface area contributed by atoms with Crippen LogP contribution in [0.1, 0.15) is 37.6 Å². The lowest BCUT2D eigenvalue weighted by molar-refractivity contribution is 0.0707. The van der Waals surface area contributed by atoms with Gasteiger partial charge in [-0.25, -0.2) is 0 Å². The maximum Gasteiger partial charge on any atom is 0.255 e. The van der Waals surface area contributed by atoms with Crippen molar-refractivity contribution in [2.24, 2.45) is 0 Å². The van der Waals surface area contributed by atoms with E-state index in [9.17, 15) is 4.79 Å². The molecule has 0 unspecified atom stereocenters. The molecule has 0 atom stereocenters. The first-order chi connectivity index (χ1) is 9.20. The van der Waals surface area contributed by atoms with E-state index in [2.05, 4.69) is 46.5 Å². The van der Waals surface area contributed by atoms with Crippen molar-refractivity contribution in [2.75, 3.05) is 6.54 Å². The standard InChI is InChI=1S/C16H26ClNOSi/c1-7-11-18(12(2)3)16(19)15-13(17)9-8-10-14(15)20(4,5)6/h8-10,12H,7,11H2,1-6H3. The smallest absolute Gasteiger partial charge is 0.255 e. The zero-order chi connectivity index (χ0) is 15.5. The van der Waals surface area contributed by atoms with Crippen LogP contribution in [-0.2, 0) is 0 Å². The molecule has 0 saturated carbocycles. The molecule has 0 heterocycles. The quantitative estimate of drug-likeness (QED) is 0.748. The first kappa shape index (κ1) is 17.2. The van der Waals surface area contributed by atoms with Crippen LogP contribution in [0.25, 0.3) is 0 Å². The van der Waals surface area contributed by atoms with Gasteiger partial charge in [0.25, 0.3) is 5.91 Å². The first-order valence-corrected chi connectivity index (χ1v) is 11.2. The minimum absolute atomic E-state index is 0.0740. The minimum atomic E-state index is -1.61. The average molecular weight is 312 g/mol. The van der Waals surface area contributed by atoms with Gasteiger partial charge in [-0.1, -0.05) is 50.3 Å². The summed E-state index contributed by atoms with van der Waals surface area (Å²) < 4.78 is 0. The highest BCUT2D eigenvalue weighted by atomic mass is 35.5. The number of halogens is 1. The molecule has 0 saturated heterocycles. The Morgan fingerprint density at radius 1 is 1.30 bits per heavy atom. The van der Waals surface area contributed by atoms with Gasteiger partial charge in [-0.15, -0.1) is 0 Å². The summed E-state index contributed by atoms with van der Waals surface area (Å²) in [7, 11) is -1.61. The van der Waals surface area contributed by atoms with Crippen molar-refractivity contribution >= 4 is 30.8 Å². The predicted octanol–water partition coefficient (Wildman–Crippen LogP) is 4.15. The molecule has 0 aliphatic heterocycles. The lowest BCUT2D eigenvalue weighted by Crippen LogP contribution is -2.46. The topological polar surface area (TPSA) is 20.3 Å². The van der Waals surface area contributed by atoms with Gasteiger partial charge >= 0.3 is 0 Å². The maximum absolute atomic E-state index is 12.9. The molecule has 1 amide bonds. The number of carbonyl (C=O) groups is 1. The van der Waals surface area contributed by atoms with Gasteiger partial charge in [0.15, 0.2) is 0 Å². The Bertz CT molecular complexity index is 480. The molecular formula is C16H26ClNOSi. The molecule has 1 aromatic carbocycles. The van der Waals surface area contributed by atoms with Crippen molar-refractivity contribution < 1.29 is 4.79 Å². The Kier molecular flexibility index (Phi) is 5.84. The van der Waals surface area contributed by atoms with E-state index in [1.165, 1.54) is 0 Å². The van der Waals surface area contributed by atoms with Crippen molar-refractivity contribution in [3.8, 4) is 0 Å². The van der Waals surface area contributed by atoms with Crippen LogP contribution in [0.5, 0.6) is 0 Å². The molecular weight excluding hydrogens is 286 g/mol. The highest BCUT2D eigenvalue weighted by Crippen LogP contribution is 2.20. The zero-order valence-corrected chi connectivity index (χ0v) is 15.2. The van der Waals surface area contributed by atoms with Crippen LogP contribution >= 0.6 is 11.6 Å². The molecule has 112 valence electrons. The van der Waals surface area contributed by atoms with E-state index in [4.69, 9.17) is 11.6 Å². The lowest BCUT2D eigenvalue weighted by Gasteiger charge is -2.29. The number of hydrogen-bond donors (Lipinski definition) is 0. The van der Waals surface area contributed by atoms with Crippen LogP contribution in [0.15, 0.2) is 18.2 Å². The third kappa shape index (κ3) is 3.86. The van der Waals surface area contributed by atoms with E-state index < -0.39 is 8.07 Å². The number of amides is 1. The second-order valence-electron chi connectivity index (χ2n) is 6.50. The molecule has 20 heavy (non-hydrogen) atoms. The normalized spacial score (nSPS) is 11.8. The Labute approximate surface area is 129 Å². The monoisotopic (exact) mass is 311 g/mol. The number of benzene rings is 1. The fourth-order valence-electron chi connectivity index (χ4n) is 2.35. The summed E-state index contributed by atoms with van der Waals surface area (Å²) in [6.07, 6.45) is 0.955. The van der Waals surface area contributed by atoms with E-state index in [-0.39, 0.29) is 11.9 Å². The van der Waals surface area contributed by atoms with Crippen molar-refractivity contribution in [3.63, 3.8) is 0 Å². The maximum atomic E-state index is 12.9. The van der Waals surface area contributed by atoms with E-state index in [0.717, 1.165) is 23.7 Å². The number of rotatable bonds is 5. The number of carbonyl (C=O) groups excluding carboxylic acids is 1. The molecule has 0 radical (unpaired) electrons. The molecule has 1 aromatic rings. The van der Waals surface area contributed by atoms with Gasteiger partial charge in [-0.3, -0.25) is 4.79 Å². The molecule has 1 rings (SSSR count). The van der Waals surface area contributed by atoms with Crippen LogP contribution in [0.3, 0.4) is 0 Å². The highest BCUT2D eigenvalue weighted by molar-refractivity contribution is 6.89. The number of nitrogens with zero attached hydrogens (tertiary/aromatic N) is 1. The average Bonchev–Trinajstić information content (AvgIpc) is 2.33. The van der Waals surface area contributed by atoms with Gasteiger partial charge in [-0.2, -0.15) is 0 Å². The summed E-state index contributed by atoms with van der Waals surface area (Å²) in [6, 6.07) is 6.03. The molecule has 0 aliphatic rings. The molecule has 0 bridgehead atoms. The second kappa shape index (κ2) is 6.77. The molecule has 0 aromatic heterocycles. The fourth-order valence-corrected chi connectivity index (χ4v) is 4.27. The van der Waals surface area contributed by atoms with E-state index in [1.54, 1.807) is 0 Å².